The fraction of sp³-hybridized carbons (Fsp3) is 0.929. The van der Waals surface area contributed by atoms with E-state index in [1.54, 1.807) is 6.92 Å². The zero-order chi connectivity index (χ0) is 13.9. The van der Waals surface area contributed by atoms with Gasteiger partial charge in [-0.25, -0.2) is 0 Å². The van der Waals surface area contributed by atoms with Gasteiger partial charge >= 0.3 is 0 Å². The molecule has 0 aromatic carbocycles. The molecular weight excluding hydrogens is 246 g/mol. The molecule has 0 aromatic heterocycles. The Hall–Kier alpha value is -0.650. The Morgan fingerprint density at radius 2 is 2.11 bits per heavy atom. The minimum Gasteiger partial charge on any atom is -0.394 e. The van der Waals surface area contributed by atoms with E-state index < -0.39 is 11.7 Å². The van der Waals surface area contributed by atoms with Gasteiger partial charge in [0.1, 0.15) is 5.60 Å². The van der Waals surface area contributed by atoms with Crippen molar-refractivity contribution in [2.24, 2.45) is 5.92 Å². The first-order valence-corrected chi connectivity index (χ1v) is 7.29. The second kappa shape index (κ2) is 6.20. The van der Waals surface area contributed by atoms with Crippen LogP contribution in [0.15, 0.2) is 0 Å². The maximum atomic E-state index is 12.2. The van der Waals surface area contributed by atoms with Crippen LogP contribution in [0, 0.1) is 5.92 Å². The number of hydrogen-bond donors (Lipinski definition) is 3. The highest BCUT2D eigenvalue weighted by Crippen LogP contribution is 2.30. The predicted molar refractivity (Wildman–Crippen MR) is 70.6 cm³/mol. The minimum absolute atomic E-state index is 0.104. The molecule has 3 N–H and O–H groups in total. The maximum Gasteiger partial charge on any atom is 0.252 e. The summed E-state index contributed by atoms with van der Waals surface area (Å²) < 4.78 is 5.73. The molecule has 2 rings (SSSR count). The highest BCUT2D eigenvalue weighted by molar-refractivity contribution is 5.85. The molecule has 5 heteroatoms. The molecule has 1 unspecified atom stereocenters. The van der Waals surface area contributed by atoms with Gasteiger partial charge in [-0.05, 0) is 25.7 Å². The van der Waals surface area contributed by atoms with E-state index in [0.29, 0.717) is 12.5 Å². The van der Waals surface area contributed by atoms with Crippen molar-refractivity contribution in [3.05, 3.63) is 0 Å². The summed E-state index contributed by atoms with van der Waals surface area (Å²) in [4.78, 5) is 12.2. The molecule has 0 bridgehead atoms. The summed E-state index contributed by atoms with van der Waals surface area (Å²) in [5.74, 6) is 0.354. The quantitative estimate of drug-likeness (QED) is 0.699. The topological polar surface area (TPSA) is 78.8 Å². The summed E-state index contributed by atoms with van der Waals surface area (Å²) in [6, 6.07) is 0.104. The van der Waals surface area contributed by atoms with E-state index >= 15 is 0 Å². The molecule has 0 spiro atoms. The first-order valence-electron chi connectivity index (χ1n) is 7.29. The lowest BCUT2D eigenvalue weighted by atomic mass is 9.82. The molecular formula is C14H25NO4. The molecule has 1 saturated heterocycles. The molecule has 1 amide bonds. The zero-order valence-corrected chi connectivity index (χ0v) is 11.6. The van der Waals surface area contributed by atoms with Crippen molar-refractivity contribution < 1.29 is 19.7 Å². The number of rotatable bonds is 4. The van der Waals surface area contributed by atoms with E-state index in [9.17, 15) is 9.90 Å². The lowest BCUT2D eigenvalue weighted by molar-refractivity contribution is -0.164. The third kappa shape index (κ3) is 3.46. The molecule has 1 saturated carbocycles. The standard InChI is InChI=1S/C14H25NO4/c1-14(7-11(17)8-16)13(18)15-12(9-19-14)10-5-3-2-4-6-10/h10-12,16-17H,2-9H2,1H3,(H,15,18)/t11?,12-,14+/m0/s1. The van der Waals surface area contributed by atoms with Gasteiger partial charge in [0.05, 0.1) is 25.4 Å². The van der Waals surface area contributed by atoms with Gasteiger partial charge in [0.2, 0.25) is 0 Å². The summed E-state index contributed by atoms with van der Waals surface area (Å²) in [5.41, 5.74) is -1.02. The van der Waals surface area contributed by atoms with Crippen molar-refractivity contribution >= 4 is 5.91 Å². The van der Waals surface area contributed by atoms with E-state index in [1.807, 2.05) is 0 Å². The number of hydrogen-bond acceptors (Lipinski definition) is 4. The number of carbonyl (C=O) groups excluding carboxylic acids is 1. The number of carbonyl (C=O) groups is 1. The average molecular weight is 271 g/mol. The van der Waals surface area contributed by atoms with Gasteiger partial charge in [-0.3, -0.25) is 4.79 Å². The van der Waals surface area contributed by atoms with Gasteiger partial charge in [-0.2, -0.15) is 0 Å². The van der Waals surface area contributed by atoms with Gasteiger partial charge < -0.3 is 20.3 Å². The van der Waals surface area contributed by atoms with Gasteiger partial charge in [0.15, 0.2) is 0 Å². The van der Waals surface area contributed by atoms with Gasteiger partial charge in [-0.15, -0.1) is 0 Å². The molecule has 19 heavy (non-hydrogen) atoms. The summed E-state index contributed by atoms with van der Waals surface area (Å²) in [7, 11) is 0. The fourth-order valence-corrected chi connectivity index (χ4v) is 3.16. The van der Waals surface area contributed by atoms with Crippen molar-refractivity contribution in [1.82, 2.24) is 5.32 Å². The summed E-state index contributed by atoms with van der Waals surface area (Å²) in [6.07, 6.45) is 5.29. The van der Waals surface area contributed by atoms with Crippen LogP contribution in [0.3, 0.4) is 0 Å². The Morgan fingerprint density at radius 3 is 2.68 bits per heavy atom. The monoisotopic (exact) mass is 271 g/mol. The van der Waals surface area contributed by atoms with Crippen LogP contribution in [0.2, 0.25) is 0 Å². The number of amides is 1. The van der Waals surface area contributed by atoms with Crippen LogP contribution in [0.5, 0.6) is 0 Å². The Balaban J connectivity index is 1.91. The summed E-state index contributed by atoms with van der Waals surface area (Å²) in [5, 5.41) is 21.4. The molecule has 2 aliphatic rings. The third-order valence-corrected chi connectivity index (χ3v) is 4.43. The van der Waals surface area contributed by atoms with Crippen LogP contribution in [0.25, 0.3) is 0 Å². The average Bonchev–Trinajstić information content (AvgIpc) is 2.43. The van der Waals surface area contributed by atoms with E-state index in [2.05, 4.69) is 5.32 Å². The normalized spacial score (nSPS) is 34.9. The SMILES string of the molecule is C[C@]1(CC(O)CO)OC[C@@H](C2CCCCC2)NC1=O. The van der Waals surface area contributed by atoms with Crippen LogP contribution in [0.1, 0.15) is 45.4 Å². The largest absolute Gasteiger partial charge is 0.394 e. The maximum absolute atomic E-state index is 12.2. The number of morpholine rings is 1. The number of ether oxygens (including phenoxy) is 1. The fourth-order valence-electron chi connectivity index (χ4n) is 3.16. The molecule has 3 atom stereocenters. The van der Waals surface area contributed by atoms with Gasteiger partial charge in [0, 0.05) is 6.42 Å². The summed E-state index contributed by atoms with van der Waals surface area (Å²) >= 11 is 0. The second-order valence-electron chi connectivity index (χ2n) is 6.06. The highest BCUT2D eigenvalue weighted by atomic mass is 16.5. The molecule has 1 aliphatic heterocycles. The third-order valence-electron chi connectivity index (χ3n) is 4.43. The molecule has 0 radical (unpaired) electrons. The molecule has 1 aliphatic carbocycles. The minimum atomic E-state index is -1.02. The van der Waals surface area contributed by atoms with Crippen LogP contribution in [-0.4, -0.2) is 47.1 Å². The Labute approximate surface area is 114 Å². The van der Waals surface area contributed by atoms with Crippen molar-refractivity contribution in [1.29, 1.82) is 0 Å². The van der Waals surface area contributed by atoms with E-state index in [-0.39, 0.29) is 25.0 Å². The highest BCUT2D eigenvalue weighted by Gasteiger charge is 2.43. The van der Waals surface area contributed by atoms with Crippen molar-refractivity contribution in [3.8, 4) is 0 Å². The first-order chi connectivity index (χ1) is 9.05. The predicted octanol–water partition coefficient (Wildman–Crippen LogP) is 0.584. The Bertz CT molecular complexity index is 317. The summed E-state index contributed by atoms with van der Waals surface area (Å²) in [6.45, 7) is 1.83. The smallest absolute Gasteiger partial charge is 0.252 e. The van der Waals surface area contributed by atoms with E-state index in [4.69, 9.17) is 9.84 Å². The lowest BCUT2D eigenvalue weighted by Crippen LogP contribution is -2.60. The number of nitrogens with one attached hydrogen (secondary N) is 1. The van der Waals surface area contributed by atoms with Crippen molar-refractivity contribution in [3.63, 3.8) is 0 Å². The van der Waals surface area contributed by atoms with Crippen LogP contribution >= 0.6 is 0 Å². The molecule has 110 valence electrons. The molecule has 5 nitrogen and oxygen atoms in total. The van der Waals surface area contributed by atoms with Crippen LogP contribution in [0.4, 0.5) is 0 Å². The van der Waals surface area contributed by atoms with E-state index in [1.165, 1.54) is 19.3 Å². The molecule has 0 aromatic rings. The first kappa shape index (κ1) is 14.8. The second-order valence-corrected chi connectivity index (χ2v) is 6.06. The van der Waals surface area contributed by atoms with Crippen molar-refractivity contribution in [2.75, 3.05) is 13.2 Å². The molecule has 1 heterocycles. The number of aliphatic hydroxyl groups is 2. The lowest BCUT2D eigenvalue weighted by Gasteiger charge is -2.41. The van der Waals surface area contributed by atoms with Crippen LogP contribution in [-0.2, 0) is 9.53 Å². The van der Waals surface area contributed by atoms with E-state index in [0.717, 1.165) is 12.8 Å². The zero-order valence-electron chi connectivity index (χ0n) is 11.6. The molecule has 2 fully saturated rings. The number of aliphatic hydroxyl groups excluding tert-OH is 2. The van der Waals surface area contributed by atoms with Crippen LogP contribution < -0.4 is 5.32 Å². The Kier molecular flexibility index (Phi) is 4.81. The van der Waals surface area contributed by atoms with Gasteiger partial charge in [0.25, 0.3) is 5.91 Å². The Morgan fingerprint density at radius 1 is 1.42 bits per heavy atom. The van der Waals surface area contributed by atoms with Gasteiger partial charge in [-0.1, -0.05) is 19.3 Å². The van der Waals surface area contributed by atoms with Crippen molar-refractivity contribution in [2.45, 2.75) is 63.2 Å².